The fourth-order valence-corrected chi connectivity index (χ4v) is 2.28. The van der Waals surface area contributed by atoms with Crippen LogP contribution in [0.25, 0.3) is 0 Å². The lowest BCUT2D eigenvalue weighted by molar-refractivity contribution is -0.125. The molecule has 0 N–H and O–H groups in total. The molecule has 0 aromatic rings. The zero-order valence-corrected chi connectivity index (χ0v) is 14.9. The number of Topliss-reactive ketones (excluding diaryl/α,β-unsaturated/α-hetero) is 2. The van der Waals surface area contributed by atoms with E-state index < -0.39 is 0 Å². The summed E-state index contributed by atoms with van der Waals surface area (Å²) in [5.41, 5.74) is -0.140. The molecule has 4 nitrogen and oxygen atoms in total. The Kier molecular flexibility index (Phi) is 9.42. The fourth-order valence-electron chi connectivity index (χ4n) is 2.28. The second-order valence-electron chi connectivity index (χ2n) is 7.71. The molecule has 0 aliphatic carbocycles. The number of hydrogen-bond donors (Lipinski definition) is 0. The van der Waals surface area contributed by atoms with Crippen molar-refractivity contribution < 1.29 is 19.1 Å². The van der Waals surface area contributed by atoms with Gasteiger partial charge in [-0.1, -0.05) is 27.7 Å². The maximum Gasteiger partial charge on any atom is 0.133 e. The zero-order valence-electron chi connectivity index (χ0n) is 14.9. The Morgan fingerprint density at radius 3 is 1.73 bits per heavy atom. The topological polar surface area (TPSA) is 60.4 Å². The summed E-state index contributed by atoms with van der Waals surface area (Å²) in [5.74, 6) is 0.258. The van der Waals surface area contributed by atoms with Crippen molar-refractivity contribution in [3.63, 3.8) is 0 Å². The van der Waals surface area contributed by atoms with Crippen molar-refractivity contribution in [2.24, 2.45) is 10.8 Å². The third-order valence-corrected chi connectivity index (χ3v) is 4.01. The highest BCUT2D eigenvalue weighted by atomic mass is 16.5. The van der Waals surface area contributed by atoms with Crippen LogP contribution < -0.4 is 0 Å². The van der Waals surface area contributed by atoms with E-state index in [4.69, 9.17) is 4.74 Å². The minimum atomic E-state index is -0.133. The third kappa shape index (κ3) is 10.7. The lowest BCUT2D eigenvalue weighted by Crippen LogP contribution is -2.20. The molecule has 0 bridgehead atoms. The monoisotopic (exact) mass is 312 g/mol. The molecule has 0 fully saturated rings. The highest BCUT2D eigenvalue weighted by Gasteiger charge is 2.21. The molecule has 0 atom stereocenters. The number of ether oxygens (including phenoxy) is 1. The summed E-state index contributed by atoms with van der Waals surface area (Å²) in [7, 11) is 1.66. The molecule has 0 radical (unpaired) electrons. The Balaban J connectivity index is 3.95. The quantitative estimate of drug-likeness (QED) is 0.486. The van der Waals surface area contributed by atoms with Gasteiger partial charge in [0.1, 0.15) is 17.9 Å². The van der Waals surface area contributed by atoms with E-state index in [1.807, 2.05) is 13.8 Å². The van der Waals surface area contributed by atoms with Gasteiger partial charge in [0.15, 0.2) is 0 Å². The van der Waals surface area contributed by atoms with Crippen LogP contribution in [0.5, 0.6) is 0 Å². The van der Waals surface area contributed by atoms with Gasteiger partial charge < -0.3 is 9.53 Å². The molecule has 0 spiro atoms. The molecule has 0 saturated carbocycles. The molecule has 0 unspecified atom stereocenters. The molecule has 0 rings (SSSR count). The standard InChI is InChI=1S/C18H32O4/c1-17(2,12-13-19)10-8-15(20)6-7-16(21)9-11-18(3,4)14-22-5/h13H,6-12,14H2,1-5H3. The van der Waals surface area contributed by atoms with Gasteiger partial charge in [0, 0.05) is 39.2 Å². The van der Waals surface area contributed by atoms with Gasteiger partial charge in [-0.05, 0) is 23.7 Å². The minimum absolute atomic E-state index is 0.00667. The Bertz CT molecular complexity index is 369. The summed E-state index contributed by atoms with van der Waals surface area (Å²) in [6.45, 7) is 8.74. The molecule has 22 heavy (non-hydrogen) atoms. The van der Waals surface area contributed by atoms with Crippen molar-refractivity contribution >= 4 is 17.9 Å². The minimum Gasteiger partial charge on any atom is -0.384 e. The number of methoxy groups -OCH3 is 1. The average molecular weight is 312 g/mol. The van der Waals surface area contributed by atoms with Crippen LogP contribution in [0, 0.1) is 10.8 Å². The Morgan fingerprint density at radius 2 is 1.32 bits per heavy atom. The van der Waals surface area contributed by atoms with Gasteiger partial charge in [-0.3, -0.25) is 9.59 Å². The number of carbonyl (C=O) groups excluding carboxylic acids is 3. The molecule has 0 aliphatic rings. The van der Waals surface area contributed by atoms with E-state index in [0.29, 0.717) is 45.1 Å². The van der Waals surface area contributed by atoms with Crippen molar-refractivity contribution in [2.45, 2.75) is 72.6 Å². The summed E-state index contributed by atoms with van der Waals surface area (Å²) in [5, 5.41) is 0. The van der Waals surface area contributed by atoms with E-state index in [9.17, 15) is 14.4 Å². The predicted molar refractivity (Wildman–Crippen MR) is 87.8 cm³/mol. The molecular formula is C18H32O4. The van der Waals surface area contributed by atoms with Gasteiger partial charge in [0.05, 0.1) is 6.61 Å². The van der Waals surface area contributed by atoms with E-state index >= 15 is 0 Å². The predicted octanol–water partition coefficient (Wildman–Crippen LogP) is 3.75. The Labute approximate surface area is 135 Å². The van der Waals surface area contributed by atoms with E-state index in [2.05, 4.69) is 13.8 Å². The number of hydrogen-bond acceptors (Lipinski definition) is 4. The van der Waals surface area contributed by atoms with Crippen molar-refractivity contribution in [2.75, 3.05) is 13.7 Å². The number of aldehydes is 1. The van der Waals surface area contributed by atoms with Crippen LogP contribution in [0.3, 0.4) is 0 Å². The third-order valence-electron chi connectivity index (χ3n) is 4.01. The number of carbonyl (C=O) groups is 3. The van der Waals surface area contributed by atoms with Crippen LogP contribution in [-0.4, -0.2) is 31.6 Å². The smallest absolute Gasteiger partial charge is 0.133 e. The lowest BCUT2D eigenvalue weighted by Gasteiger charge is -2.23. The van der Waals surface area contributed by atoms with Crippen LogP contribution in [0.1, 0.15) is 72.6 Å². The molecule has 0 aromatic carbocycles. The van der Waals surface area contributed by atoms with Gasteiger partial charge in [-0.15, -0.1) is 0 Å². The maximum atomic E-state index is 11.9. The zero-order chi connectivity index (χ0) is 17.2. The Morgan fingerprint density at radius 1 is 0.864 bits per heavy atom. The molecule has 0 heterocycles. The molecule has 0 saturated heterocycles. The fraction of sp³-hybridized carbons (Fsp3) is 0.833. The Hall–Kier alpha value is -1.03. The van der Waals surface area contributed by atoms with E-state index in [1.54, 1.807) is 7.11 Å². The normalized spacial score (nSPS) is 12.2. The highest BCUT2D eigenvalue weighted by molar-refractivity contribution is 5.86. The van der Waals surface area contributed by atoms with Gasteiger partial charge in [0.25, 0.3) is 0 Å². The summed E-state index contributed by atoms with van der Waals surface area (Å²) in [6, 6.07) is 0. The summed E-state index contributed by atoms with van der Waals surface area (Å²) in [6.07, 6.45) is 4.43. The van der Waals surface area contributed by atoms with Gasteiger partial charge in [0.2, 0.25) is 0 Å². The molecular weight excluding hydrogens is 280 g/mol. The van der Waals surface area contributed by atoms with E-state index in [0.717, 1.165) is 12.7 Å². The SMILES string of the molecule is COCC(C)(C)CCC(=O)CCC(=O)CCC(C)(C)CC=O. The average Bonchev–Trinajstić information content (AvgIpc) is 2.41. The first-order valence-electron chi connectivity index (χ1n) is 8.08. The van der Waals surface area contributed by atoms with Crippen LogP contribution in [0.15, 0.2) is 0 Å². The van der Waals surface area contributed by atoms with Crippen molar-refractivity contribution in [1.82, 2.24) is 0 Å². The molecule has 0 aromatic heterocycles. The van der Waals surface area contributed by atoms with Gasteiger partial charge in [-0.25, -0.2) is 0 Å². The van der Waals surface area contributed by atoms with E-state index in [1.165, 1.54) is 0 Å². The number of rotatable bonds is 13. The van der Waals surface area contributed by atoms with Gasteiger partial charge >= 0.3 is 0 Å². The van der Waals surface area contributed by atoms with Crippen LogP contribution in [0.4, 0.5) is 0 Å². The largest absolute Gasteiger partial charge is 0.384 e. The van der Waals surface area contributed by atoms with Gasteiger partial charge in [-0.2, -0.15) is 0 Å². The second-order valence-corrected chi connectivity index (χ2v) is 7.71. The summed E-state index contributed by atoms with van der Waals surface area (Å²) < 4.78 is 5.13. The second kappa shape index (κ2) is 9.88. The number of ketones is 2. The van der Waals surface area contributed by atoms with Crippen LogP contribution in [-0.2, 0) is 19.1 Å². The molecule has 0 aliphatic heterocycles. The van der Waals surface area contributed by atoms with Crippen molar-refractivity contribution in [3.8, 4) is 0 Å². The van der Waals surface area contributed by atoms with Crippen LogP contribution >= 0.6 is 0 Å². The summed E-state index contributed by atoms with van der Waals surface area (Å²) in [4.78, 5) is 34.2. The lowest BCUT2D eigenvalue weighted by atomic mass is 9.83. The van der Waals surface area contributed by atoms with Crippen LogP contribution in [0.2, 0.25) is 0 Å². The molecule has 0 amide bonds. The van der Waals surface area contributed by atoms with Crippen molar-refractivity contribution in [1.29, 1.82) is 0 Å². The first-order valence-corrected chi connectivity index (χ1v) is 8.08. The molecule has 4 heteroatoms. The maximum absolute atomic E-state index is 11.9. The van der Waals surface area contributed by atoms with E-state index in [-0.39, 0.29) is 22.4 Å². The first-order chi connectivity index (χ1) is 10.1. The van der Waals surface area contributed by atoms with Crippen molar-refractivity contribution in [3.05, 3.63) is 0 Å². The highest BCUT2D eigenvalue weighted by Crippen LogP contribution is 2.26. The first kappa shape index (κ1) is 21.0. The summed E-state index contributed by atoms with van der Waals surface area (Å²) >= 11 is 0. The molecule has 128 valence electrons.